The maximum absolute atomic E-state index is 10.2. The Bertz CT molecular complexity index is 387. The maximum Gasteiger partial charge on any atom is 0.180 e. The third-order valence-electron chi connectivity index (χ3n) is 1.63. The van der Waals surface area contributed by atoms with E-state index in [-0.39, 0.29) is 0 Å². The molecule has 2 heterocycles. The minimum Gasteiger partial charge on any atom is -0.619 e. The zero-order valence-electron chi connectivity index (χ0n) is 8.28. The Balaban J connectivity index is 0.000000151. The van der Waals surface area contributed by atoms with E-state index in [9.17, 15) is 5.21 Å². The Morgan fingerprint density at radius 1 is 1.13 bits per heavy atom. The third-order valence-corrected chi connectivity index (χ3v) is 1.63. The Kier molecular flexibility index (Phi) is 4.60. The van der Waals surface area contributed by atoms with E-state index in [4.69, 9.17) is 0 Å². The lowest BCUT2D eigenvalue weighted by Crippen LogP contribution is -2.22. The van der Waals surface area contributed by atoms with Gasteiger partial charge in [0.1, 0.15) is 0 Å². The van der Waals surface area contributed by atoms with Crippen molar-refractivity contribution < 1.29 is 4.73 Å². The van der Waals surface area contributed by atoms with Crippen LogP contribution in [-0.2, 0) is 0 Å². The van der Waals surface area contributed by atoms with Crippen molar-refractivity contribution in [2.45, 2.75) is 0 Å². The molecule has 0 saturated carbocycles. The van der Waals surface area contributed by atoms with Gasteiger partial charge in [-0.1, -0.05) is 18.7 Å². The minimum absolute atomic E-state index is 0.750. The van der Waals surface area contributed by atoms with Crippen LogP contribution in [-0.4, -0.2) is 4.98 Å². The predicted molar refractivity (Wildman–Crippen MR) is 59.7 cm³/mol. The van der Waals surface area contributed by atoms with Gasteiger partial charge in [-0.25, -0.2) is 0 Å². The average Bonchev–Trinajstić information content (AvgIpc) is 2.32. The Labute approximate surface area is 88.9 Å². The van der Waals surface area contributed by atoms with Crippen LogP contribution >= 0.6 is 0 Å². The van der Waals surface area contributed by atoms with Crippen molar-refractivity contribution in [3.8, 4) is 0 Å². The van der Waals surface area contributed by atoms with Crippen molar-refractivity contribution in [1.82, 2.24) is 4.98 Å². The smallest absolute Gasteiger partial charge is 0.180 e. The van der Waals surface area contributed by atoms with Gasteiger partial charge in [0.25, 0.3) is 0 Å². The van der Waals surface area contributed by atoms with Gasteiger partial charge in [0.15, 0.2) is 12.4 Å². The molecular formula is C12H12N2O. The molecule has 0 radical (unpaired) electrons. The summed E-state index contributed by atoms with van der Waals surface area (Å²) in [6.45, 7) is 3.60. The summed E-state index contributed by atoms with van der Waals surface area (Å²) in [7, 11) is 0. The van der Waals surface area contributed by atoms with E-state index in [0.29, 0.717) is 0 Å². The lowest BCUT2D eigenvalue weighted by Gasteiger charge is -1.88. The second kappa shape index (κ2) is 6.32. The van der Waals surface area contributed by atoms with Gasteiger partial charge in [-0.15, -0.1) is 0 Å². The predicted octanol–water partition coefficient (Wildman–Crippen LogP) is 2.04. The van der Waals surface area contributed by atoms with E-state index in [2.05, 4.69) is 11.6 Å². The van der Waals surface area contributed by atoms with Crippen molar-refractivity contribution >= 4 is 6.08 Å². The maximum atomic E-state index is 10.2. The van der Waals surface area contributed by atoms with E-state index in [1.54, 1.807) is 36.7 Å². The lowest BCUT2D eigenvalue weighted by molar-refractivity contribution is -0.605. The molecule has 0 N–H and O–H groups in total. The quantitative estimate of drug-likeness (QED) is 0.522. The monoisotopic (exact) mass is 200 g/mol. The standard InChI is InChI=1S/C7H7N.C5H5NO/c1-2-7-3-5-8-6-4-7;7-6-4-2-1-3-5-6/h2-6H,1H2;1-5H. The third kappa shape index (κ3) is 4.57. The van der Waals surface area contributed by atoms with Crippen LogP contribution in [0.1, 0.15) is 5.56 Å². The Hall–Kier alpha value is -2.16. The van der Waals surface area contributed by atoms with Crippen molar-refractivity contribution in [2.24, 2.45) is 0 Å². The van der Waals surface area contributed by atoms with Crippen LogP contribution < -0.4 is 4.73 Å². The van der Waals surface area contributed by atoms with Gasteiger partial charge < -0.3 is 5.21 Å². The molecule has 0 aliphatic rings. The number of pyridine rings is 2. The van der Waals surface area contributed by atoms with Crippen LogP contribution in [0.25, 0.3) is 6.08 Å². The second-order valence-corrected chi connectivity index (χ2v) is 2.72. The summed E-state index contributed by atoms with van der Waals surface area (Å²) in [5, 5.41) is 10.2. The van der Waals surface area contributed by atoms with Crippen molar-refractivity contribution in [3.05, 3.63) is 72.5 Å². The highest BCUT2D eigenvalue weighted by molar-refractivity contribution is 5.44. The van der Waals surface area contributed by atoms with Gasteiger partial charge in [-0.3, -0.25) is 4.98 Å². The Morgan fingerprint density at radius 2 is 1.73 bits per heavy atom. The van der Waals surface area contributed by atoms with Crippen LogP contribution in [0.2, 0.25) is 0 Å². The fraction of sp³-hybridized carbons (Fsp3) is 0. The number of aromatic nitrogens is 2. The summed E-state index contributed by atoms with van der Waals surface area (Å²) >= 11 is 0. The molecule has 0 spiro atoms. The van der Waals surface area contributed by atoms with Gasteiger partial charge >= 0.3 is 0 Å². The van der Waals surface area contributed by atoms with Crippen molar-refractivity contribution in [3.63, 3.8) is 0 Å². The molecule has 76 valence electrons. The number of hydrogen-bond donors (Lipinski definition) is 0. The summed E-state index contributed by atoms with van der Waals surface area (Å²) in [6.07, 6.45) is 8.18. The van der Waals surface area contributed by atoms with Crippen molar-refractivity contribution in [2.75, 3.05) is 0 Å². The number of nitrogens with zero attached hydrogens (tertiary/aromatic N) is 2. The highest BCUT2D eigenvalue weighted by Crippen LogP contribution is 1.94. The van der Waals surface area contributed by atoms with E-state index < -0.39 is 0 Å². The van der Waals surface area contributed by atoms with Crippen LogP contribution in [0.4, 0.5) is 0 Å². The molecule has 0 bridgehead atoms. The average molecular weight is 200 g/mol. The molecule has 0 aliphatic heterocycles. The van der Waals surface area contributed by atoms with Gasteiger partial charge in [-0.2, -0.15) is 4.73 Å². The summed E-state index contributed by atoms with van der Waals surface area (Å²) < 4.78 is 0.750. The summed E-state index contributed by atoms with van der Waals surface area (Å²) in [4.78, 5) is 3.85. The van der Waals surface area contributed by atoms with Gasteiger partial charge in [0.2, 0.25) is 0 Å². The van der Waals surface area contributed by atoms with E-state index in [1.165, 1.54) is 12.4 Å². The number of hydrogen-bond acceptors (Lipinski definition) is 2. The highest BCUT2D eigenvalue weighted by Gasteiger charge is 1.76. The molecule has 2 aromatic heterocycles. The topological polar surface area (TPSA) is 39.8 Å². The van der Waals surface area contributed by atoms with Gasteiger partial charge in [0, 0.05) is 24.5 Å². The van der Waals surface area contributed by atoms with Crippen molar-refractivity contribution in [1.29, 1.82) is 0 Å². The summed E-state index contributed by atoms with van der Waals surface area (Å²) in [6, 6.07) is 8.99. The van der Waals surface area contributed by atoms with E-state index >= 15 is 0 Å². The molecule has 0 unspecified atom stereocenters. The first-order valence-corrected chi connectivity index (χ1v) is 4.49. The molecule has 0 atom stereocenters. The first-order valence-electron chi connectivity index (χ1n) is 4.49. The van der Waals surface area contributed by atoms with Gasteiger partial charge in [-0.05, 0) is 17.7 Å². The van der Waals surface area contributed by atoms with E-state index in [1.807, 2.05) is 12.1 Å². The van der Waals surface area contributed by atoms with Crippen LogP contribution in [0.5, 0.6) is 0 Å². The molecule has 3 heteroatoms. The fourth-order valence-corrected chi connectivity index (χ4v) is 0.882. The molecule has 0 amide bonds. The molecule has 0 aliphatic carbocycles. The lowest BCUT2D eigenvalue weighted by atomic mass is 10.3. The molecular weight excluding hydrogens is 188 g/mol. The summed E-state index contributed by atoms with van der Waals surface area (Å²) in [5.41, 5.74) is 1.11. The van der Waals surface area contributed by atoms with Crippen LogP contribution in [0, 0.1) is 5.21 Å². The first kappa shape index (κ1) is 10.9. The molecule has 0 fully saturated rings. The normalized spacial score (nSPS) is 8.53. The molecule has 2 rings (SSSR count). The van der Waals surface area contributed by atoms with Crippen LogP contribution in [0.3, 0.4) is 0 Å². The molecule has 3 nitrogen and oxygen atoms in total. The minimum atomic E-state index is 0.750. The van der Waals surface area contributed by atoms with Crippen LogP contribution in [0.15, 0.2) is 61.7 Å². The molecule has 15 heavy (non-hydrogen) atoms. The van der Waals surface area contributed by atoms with Gasteiger partial charge in [0.05, 0.1) is 0 Å². The number of rotatable bonds is 1. The molecule has 0 saturated heterocycles. The van der Waals surface area contributed by atoms with E-state index in [0.717, 1.165) is 10.3 Å². The summed E-state index contributed by atoms with van der Waals surface area (Å²) in [5.74, 6) is 0. The molecule has 2 aromatic rings. The largest absolute Gasteiger partial charge is 0.619 e. The fourth-order valence-electron chi connectivity index (χ4n) is 0.882. The zero-order valence-corrected chi connectivity index (χ0v) is 8.28. The first-order chi connectivity index (χ1) is 7.33. The second-order valence-electron chi connectivity index (χ2n) is 2.72. The SMILES string of the molecule is C=Cc1ccncc1.[O-][n+]1ccccc1. The highest BCUT2D eigenvalue weighted by atomic mass is 16.5. The zero-order chi connectivity index (χ0) is 10.9. The molecule has 0 aromatic carbocycles. The Morgan fingerprint density at radius 3 is 2.07 bits per heavy atom.